The van der Waals surface area contributed by atoms with E-state index < -0.39 is 0 Å². The lowest BCUT2D eigenvalue weighted by Gasteiger charge is -2.36. The van der Waals surface area contributed by atoms with Gasteiger partial charge in [-0.2, -0.15) is 0 Å². The van der Waals surface area contributed by atoms with Gasteiger partial charge >= 0.3 is 0 Å². The molecule has 0 N–H and O–H groups in total. The van der Waals surface area contributed by atoms with Crippen LogP contribution >= 0.6 is 0 Å². The summed E-state index contributed by atoms with van der Waals surface area (Å²) in [4.78, 5) is 16.3. The fourth-order valence-corrected chi connectivity index (χ4v) is 2.72. The fraction of sp³-hybridized carbons (Fsp3) is 0.938. The molecule has 0 aromatic carbocycles. The van der Waals surface area contributed by atoms with Gasteiger partial charge in [0.15, 0.2) is 0 Å². The first-order valence-electron chi connectivity index (χ1n) is 7.98. The maximum atomic E-state index is 12.0. The van der Waals surface area contributed by atoms with E-state index in [0.717, 1.165) is 31.6 Å². The van der Waals surface area contributed by atoms with Crippen molar-refractivity contribution >= 4 is 5.91 Å². The number of hydrogen-bond acceptors (Lipinski definition) is 3. The smallest absolute Gasteiger partial charge is 0.225 e. The minimum absolute atomic E-state index is 0.178. The molecular weight excluding hydrogens is 252 g/mol. The Kier molecular flexibility index (Phi) is 7.52. The second-order valence-electron chi connectivity index (χ2n) is 6.63. The molecule has 1 aliphatic rings. The number of hydrogen-bond donors (Lipinski definition) is 0. The van der Waals surface area contributed by atoms with Crippen molar-refractivity contribution in [3.63, 3.8) is 0 Å². The summed E-state index contributed by atoms with van der Waals surface area (Å²) in [5.41, 5.74) is 0. The summed E-state index contributed by atoms with van der Waals surface area (Å²) in [7, 11) is 1.90. The van der Waals surface area contributed by atoms with Crippen LogP contribution in [0.1, 0.15) is 47.0 Å². The average molecular weight is 284 g/mol. The van der Waals surface area contributed by atoms with E-state index in [4.69, 9.17) is 4.74 Å². The minimum atomic E-state index is 0.178. The molecule has 0 spiro atoms. The number of carbonyl (C=O) groups is 1. The normalized spacial score (nSPS) is 20.6. The van der Waals surface area contributed by atoms with Crippen LogP contribution in [0.3, 0.4) is 0 Å². The van der Waals surface area contributed by atoms with Crippen LogP contribution in [0.25, 0.3) is 0 Å². The van der Waals surface area contributed by atoms with Gasteiger partial charge in [-0.3, -0.25) is 9.69 Å². The molecule has 0 aromatic rings. The van der Waals surface area contributed by atoms with E-state index in [2.05, 4.69) is 18.7 Å². The Labute approximate surface area is 124 Å². The third-order valence-electron chi connectivity index (χ3n) is 4.09. The number of amides is 1. The first-order valence-corrected chi connectivity index (χ1v) is 7.98. The second kappa shape index (κ2) is 8.63. The van der Waals surface area contributed by atoms with E-state index in [-0.39, 0.29) is 12.0 Å². The van der Waals surface area contributed by atoms with Crippen molar-refractivity contribution in [3.8, 4) is 0 Å². The predicted molar refractivity (Wildman–Crippen MR) is 82.5 cm³/mol. The standard InChI is InChI=1S/C16H32N2O2/c1-13(2)15-7-6-9-18(11-15)12-17(5)16(19)8-10-20-14(3)4/h13-15H,6-12H2,1-5H3. The molecule has 0 saturated carbocycles. The molecule has 1 aliphatic heterocycles. The lowest BCUT2D eigenvalue weighted by molar-refractivity contribution is -0.133. The number of carbonyl (C=O) groups excluding carboxylic acids is 1. The zero-order valence-electron chi connectivity index (χ0n) is 13.9. The Bertz CT molecular complexity index is 292. The molecule has 1 fully saturated rings. The summed E-state index contributed by atoms with van der Waals surface area (Å²) in [6.45, 7) is 12.1. The topological polar surface area (TPSA) is 32.8 Å². The number of rotatable bonds is 7. The molecule has 0 aliphatic carbocycles. The molecule has 1 amide bonds. The Morgan fingerprint density at radius 1 is 1.35 bits per heavy atom. The molecule has 1 unspecified atom stereocenters. The van der Waals surface area contributed by atoms with Crippen LogP contribution in [0.2, 0.25) is 0 Å². The third-order valence-corrected chi connectivity index (χ3v) is 4.09. The van der Waals surface area contributed by atoms with E-state index in [9.17, 15) is 4.79 Å². The highest BCUT2D eigenvalue weighted by atomic mass is 16.5. The summed E-state index contributed by atoms with van der Waals surface area (Å²) in [5.74, 6) is 1.69. The molecule has 1 rings (SSSR count). The van der Waals surface area contributed by atoms with Gasteiger partial charge in [0.1, 0.15) is 0 Å². The molecule has 0 bridgehead atoms. The highest BCUT2D eigenvalue weighted by molar-refractivity contribution is 5.75. The van der Waals surface area contributed by atoms with E-state index in [1.807, 2.05) is 25.8 Å². The van der Waals surface area contributed by atoms with Crippen molar-refractivity contribution < 1.29 is 9.53 Å². The summed E-state index contributed by atoms with van der Waals surface area (Å²) in [6, 6.07) is 0. The molecular formula is C16H32N2O2. The van der Waals surface area contributed by atoms with Gasteiger partial charge < -0.3 is 9.64 Å². The number of ether oxygens (including phenoxy) is 1. The molecule has 20 heavy (non-hydrogen) atoms. The zero-order chi connectivity index (χ0) is 15.1. The summed E-state index contributed by atoms with van der Waals surface area (Å²) < 4.78 is 5.44. The van der Waals surface area contributed by atoms with Gasteiger partial charge in [0.05, 0.1) is 25.8 Å². The molecule has 1 saturated heterocycles. The third kappa shape index (κ3) is 6.23. The SMILES string of the molecule is CC(C)OCCC(=O)N(C)CN1CCCC(C(C)C)C1. The van der Waals surface area contributed by atoms with E-state index in [1.54, 1.807) is 0 Å². The van der Waals surface area contributed by atoms with Gasteiger partial charge in [0.2, 0.25) is 5.91 Å². The fourth-order valence-electron chi connectivity index (χ4n) is 2.72. The Balaban J connectivity index is 2.29. The Morgan fingerprint density at radius 2 is 2.05 bits per heavy atom. The summed E-state index contributed by atoms with van der Waals surface area (Å²) in [5, 5.41) is 0. The van der Waals surface area contributed by atoms with Crippen molar-refractivity contribution in [2.45, 2.75) is 53.1 Å². The van der Waals surface area contributed by atoms with Crippen LogP contribution in [0.4, 0.5) is 0 Å². The quantitative estimate of drug-likeness (QED) is 0.720. The number of likely N-dealkylation sites (tertiary alicyclic amines) is 1. The highest BCUT2D eigenvalue weighted by Crippen LogP contribution is 2.23. The Hall–Kier alpha value is -0.610. The average Bonchev–Trinajstić information content (AvgIpc) is 2.38. The second-order valence-corrected chi connectivity index (χ2v) is 6.63. The largest absolute Gasteiger partial charge is 0.378 e. The van der Waals surface area contributed by atoms with Crippen molar-refractivity contribution in [1.82, 2.24) is 9.80 Å². The first-order chi connectivity index (χ1) is 9.40. The van der Waals surface area contributed by atoms with Crippen molar-refractivity contribution in [2.75, 3.05) is 33.4 Å². The summed E-state index contributed by atoms with van der Waals surface area (Å²) >= 11 is 0. The zero-order valence-corrected chi connectivity index (χ0v) is 13.9. The van der Waals surface area contributed by atoms with Crippen LogP contribution in [-0.4, -0.2) is 55.2 Å². The maximum Gasteiger partial charge on any atom is 0.225 e. The van der Waals surface area contributed by atoms with Crippen molar-refractivity contribution in [3.05, 3.63) is 0 Å². The van der Waals surface area contributed by atoms with Gasteiger partial charge in [-0.1, -0.05) is 13.8 Å². The molecule has 1 heterocycles. The van der Waals surface area contributed by atoms with Crippen LogP contribution in [0.5, 0.6) is 0 Å². The summed E-state index contributed by atoms with van der Waals surface area (Å²) in [6.07, 6.45) is 3.26. The van der Waals surface area contributed by atoms with Crippen LogP contribution in [0, 0.1) is 11.8 Å². The van der Waals surface area contributed by atoms with Gasteiger partial charge in [0.25, 0.3) is 0 Å². The molecule has 4 heteroatoms. The van der Waals surface area contributed by atoms with Crippen molar-refractivity contribution in [1.29, 1.82) is 0 Å². The minimum Gasteiger partial charge on any atom is -0.378 e. The van der Waals surface area contributed by atoms with Gasteiger partial charge in [-0.05, 0) is 45.1 Å². The van der Waals surface area contributed by atoms with E-state index in [0.29, 0.717) is 13.0 Å². The molecule has 118 valence electrons. The van der Waals surface area contributed by atoms with E-state index in [1.165, 1.54) is 12.8 Å². The predicted octanol–water partition coefficient (Wildman–Crippen LogP) is 2.59. The van der Waals surface area contributed by atoms with Gasteiger partial charge in [0, 0.05) is 13.6 Å². The number of nitrogens with zero attached hydrogens (tertiary/aromatic N) is 2. The lowest BCUT2D eigenvalue weighted by Crippen LogP contribution is -2.45. The first kappa shape index (κ1) is 17.4. The Morgan fingerprint density at radius 3 is 2.65 bits per heavy atom. The molecule has 1 atom stereocenters. The molecule has 4 nitrogen and oxygen atoms in total. The van der Waals surface area contributed by atoms with Crippen LogP contribution in [-0.2, 0) is 9.53 Å². The van der Waals surface area contributed by atoms with Crippen molar-refractivity contribution in [2.24, 2.45) is 11.8 Å². The maximum absolute atomic E-state index is 12.0. The van der Waals surface area contributed by atoms with Crippen LogP contribution < -0.4 is 0 Å². The molecule has 0 aromatic heterocycles. The van der Waals surface area contributed by atoms with Gasteiger partial charge in [-0.25, -0.2) is 0 Å². The van der Waals surface area contributed by atoms with Crippen LogP contribution in [0.15, 0.2) is 0 Å². The molecule has 0 radical (unpaired) electrons. The monoisotopic (exact) mass is 284 g/mol. The van der Waals surface area contributed by atoms with Gasteiger partial charge in [-0.15, -0.1) is 0 Å². The highest BCUT2D eigenvalue weighted by Gasteiger charge is 2.23. The van der Waals surface area contributed by atoms with E-state index >= 15 is 0 Å². The lowest BCUT2D eigenvalue weighted by atomic mass is 9.88. The number of piperidine rings is 1.